The smallest absolute Gasteiger partial charge is 0.101 e. The second kappa shape index (κ2) is 2.53. The van der Waals surface area contributed by atoms with E-state index in [1.54, 1.807) is 4.90 Å². The zero-order valence-electron chi connectivity index (χ0n) is 9.34. The minimum Gasteiger partial charge on any atom is -0.390 e. The lowest BCUT2D eigenvalue weighted by atomic mass is 9.51. The largest absolute Gasteiger partial charge is 0.390 e. The van der Waals surface area contributed by atoms with Gasteiger partial charge in [0, 0.05) is 19.3 Å². The van der Waals surface area contributed by atoms with Crippen molar-refractivity contribution in [1.29, 1.82) is 0 Å². The molecule has 4 rings (SSSR count). The molecule has 0 radical (unpaired) electrons. The van der Waals surface area contributed by atoms with E-state index in [0.29, 0.717) is 5.54 Å². The van der Waals surface area contributed by atoms with Crippen molar-refractivity contribution in [3.8, 4) is 0 Å². The van der Waals surface area contributed by atoms with Gasteiger partial charge in [0.05, 0.1) is 19.7 Å². The average Bonchev–Trinajstić information content (AvgIpc) is 1.98. The Morgan fingerprint density at radius 2 is 1.64 bits per heavy atom. The predicted molar refractivity (Wildman–Crippen MR) is 55.2 cm³/mol. The van der Waals surface area contributed by atoms with Gasteiger partial charge >= 0.3 is 0 Å². The summed E-state index contributed by atoms with van der Waals surface area (Å²) in [5.74, 6) is 1.66. The van der Waals surface area contributed by atoms with Crippen LogP contribution in [0.25, 0.3) is 0 Å². The Morgan fingerprint density at radius 1 is 1.07 bits per heavy atom. The molecular weight excluding hydrogens is 174 g/mol. The molecule has 2 N–H and O–H groups in total. The van der Waals surface area contributed by atoms with E-state index in [1.807, 2.05) is 0 Å². The van der Waals surface area contributed by atoms with Gasteiger partial charge in [-0.1, -0.05) is 0 Å². The van der Waals surface area contributed by atoms with Gasteiger partial charge in [0.2, 0.25) is 0 Å². The van der Waals surface area contributed by atoms with Gasteiger partial charge in [0.15, 0.2) is 0 Å². The fourth-order valence-corrected chi connectivity index (χ4v) is 4.80. The molecule has 4 bridgehead atoms. The SMILES string of the molecule is C[NH+](C)C12C[C@@H]3C[C@H](CC(O)(C3)C1)C2. The summed E-state index contributed by atoms with van der Waals surface area (Å²) in [6, 6.07) is 0. The van der Waals surface area contributed by atoms with E-state index in [2.05, 4.69) is 14.1 Å². The van der Waals surface area contributed by atoms with Crippen molar-refractivity contribution in [2.24, 2.45) is 11.8 Å². The van der Waals surface area contributed by atoms with Crippen molar-refractivity contribution >= 4 is 0 Å². The van der Waals surface area contributed by atoms with Crippen molar-refractivity contribution in [3.05, 3.63) is 0 Å². The number of aliphatic hydroxyl groups is 1. The molecule has 80 valence electrons. The molecule has 0 amide bonds. The number of hydrogen-bond acceptors (Lipinski definition) is 1. The van der Waals surface area contributed by atoms with Crippen molar-refractivity contribution in [1.82, 2.24) is 0 Å². The maximum atomic E-state index is 10.5. The maximum absolute atomic E-state index is 10.5. The molecule has 0 aromatic heterocycles. The van der Waals surface area contributed by atoms with Gasteiger partial charge in [-0.05, 0) is 31.1 Å². The van der Waals surface area contributed by atoms with E-state index in [1.165, 1.54) is 19.3 Å². The van der Waals surface area contributed by atoms with E-state index in [0.717, 1.165) is 31.1 Å². The Bertz CT molecular complexity index is 247. The molecule has 4 fully saturated rings. The summed E-state index contributed by atoms with van der Waals surface area (Å²) in [6.07, 6.45) is 7.39. The van der Waals surface area contributed by atoms with Crippen LogP contribution in [0.3, 0.4) is 0 Å². The predicted octanol–water partition coefficient (Wildman–Crippen LogP) is 0.215. The van der Waals surface area contributed by atoms with Crippen LogP contribution in [0.1, 0.15) is 38.5 Å². The fraction of sp³-hybridized carbons (Fsp3) is 1.00. The van der Waals surface area contributed by atoms with Crippen LogP contribution < -0.4 is 4.90 Å². The number of nitrogens with one attached hydrogen (secondary N) is 1. The van der Waals surface area contributed by atoms with Crippen LogP contribution in [-0.2, 0) is 0 Å². The number of hydrogen-bond donors (Lipinski definition) is 2. The Kier molecular flexibility index (Phi) is 1.66. The van der Waals surface area contributed by atoms with Crippen molar-refractivity contribution in [2.75, 3.05) is 14.1 Å². The Balaban J connectivity index is 1.96. The Labute approximate surface area is 86.3 Å². The van der Waals surface area contributed by atoms with Crippen LogP contribution in [0.15, 0.2) is 0 Å². The van der Waals surface area contributed by atoms with Crippen molar-refractivity contribution < 1.29 is 10.0 Å². The van der Waals surface area contributed by atoms with E-state index in [9.17, 15) is 5.11 Å². The molecule has 2 heteroatoms. The summed E-state index contributed by atoms with van der Waals surface area (Å²) >= 11 is 0. The zero-order chi connectivity index (χ0) is 9.97. The second-order valence-electron chi connectivity index (χ2n) is 6.47. The zero-order valence-corrected chi connectivity index (χ0v) is 9.34. The van der Waals surface area contributed by atoms with E-state index < -0.39 is 0 Å². The first-order chi connectivity index (χ1) is 6.51. The molecule has 0 aromatic carbocycles. The minimum absolute atomic E-state index is 0.276. The molecule has 0 saturated heterocycles. The van der Waals surface area contributed by atoms with Crippen molar-refractivity contribution in [2.45, 2.75) is 49.7 Å². The first-order valence-corrected chi connectivity index (χ1v) is 6.04. The van der Waals surface area contributed by atoms with Crippen LogP contribution in [0.2, 0.25) is 0 Å². The Hall–Kier alpha value is -0.0800. The first kappa shape index (κ1) is 9.17. The van der Waals surface area contributed by atoms with Gasteiger partial charge in [0.1, 0.15) is 5.54 Å². The highest BCUT2D eigenvalue weighted by molar-refractivity contribution is 5.08. The summed E-state index contributed by atoms with van der Waals surface area (Å²) < 4.78 is 0. The highest BCUT2D eigenvalue weighted by Crippen LogP contribution is 2.56. The summed E-state index contributed by atoms with van der Waals surface area (Å²) in [6.45, 7) is 0. The molecule has 2 atom stereocenters. The standard InChI is InChI=1S/C12H21NO/c1-13(2)11-4-9-3-10(5-11)7-12(14,6-9)8-11/h9-10,14H,3-8H2,1-2H3/p+1/t9-,10-,11?,12?/m0/s1. The Morgan fingerprint density at radius 3 is 2.07 bits per heavy atom. The summed E-state index contributed by atoms with van der Waals surface area (Å²) in [5.41, 5.74) is 0.153. The molecule has 0 spiro atoms. The molecule has 2 nitrogen and oxygen atoms in total. The molecule has 4 saturated carbocycles. The maximum Gasteiger partial charge on any atom is 0.101 e. The lowest BCUT2D eigenvalue weighted by molar-refractivity contribution is -0.923. The third-order valence-corrected chi connectivity index (χ3v) is 5.09. The summed E-state index contributed by atoms with van der Waals surface area (Å²) in [5, 5.41) is 10.5. The van der Waals surface area contributed by atoms with Crippen LogP contribution in [0, 0.1) is 11.8 Å². The van der Waals surface area contributed by atoms with E-state index in [4.69, 9.17) is 0 Å². The topological polar surface area (TPSA) is 24.7 Å². The first-order valence-electron chi connectivity index (χ1n) is 6.04. The molecule has 4 aliphatic carbocycles. The molecule has 0 aliphatic heterocycles. The highest BCUT2D eigenvalue weighted by Gasteiger charge is 2.60. The molecule has 0 heterocycles. The van der Waals surface area contributed by atoms with Gasteiger partial charge in [0.25, 0.3) is 0 Å². The quantitative estimate of drug-likeness (QED) is 0.616. The van der Waals surface area contributed by atoms with Gasteiger partial charge in [-0.2, -0.15) is 0 Å². The molecule has 14 heavy (non-hydrogen) atoms. The molecule has 0 aromatic rings. The van der Waals surface area contributed by atoms with Crippen molar-refractivity contribution in [3.63, 3.8) is 0 Å². The van der Waals surface area contributed by atoms with E-state index in [-0.39, 0.29) is 5.60 Å². The van der Waals surface area contributed by atoms with Crippen LogP contribution in [0.5, 0.6) is 0 Å². The van der Waals surface area contributed by atoms with Crippen LogP contribution in [0.4, 0.5) is 0 Å². The highest BCUT2D eigenvalue weighted by atomic mass is 16.3. The lowest BCUT2D eigenvalue weighted by Gasteiger charge is -2.60. The molecular formula is C12H22NO+. The third kappa shape index (κ3) is 1.10. The van der Waals surface area contributed by atoms with E-state index >= 15 is 0 Å². The van der Waals surface area contributed by atoms with Gasteiger partial charge in [-0.3, -0.25) is 0 Å². The normalized spacial score (nSPS) is 55.7. The molecule has 0 unspecified atom stereocenters. The minimum atomic E-state index is -0.276. The monoisotopic (exact) mass is 196 g/mol. The van der Waals surface area contributed by atoms with Crippen LogP contribution in [-0.4, -0.2) is 30.3 Å². The van der Waals surface area contributed by atoms with Gasteiger partial charge < -0.3 is 10.0 Å². The van der Waals surface area contributed by atoms with Gasteiger partial charge in [-0.15, -0.1) is 0 Å². The second-order valence-corrected chi connectivity index (χ2v) is 6.47. The average molecular weight is 196 g/mol. The number of rotatable bonds is 1. The third-order valence-electron chi connectivity index (χ3n) is 5.09. The summed E-state index contributed by atoms with van der Waals surface area (Å²) in [4.78, 5) is 1.57. The fourth-order valence-electron chi connectivity index (χ4n) is 4.80. The van der Waals surface area contributed by atoms with Crippen LogP contribution >= 0.6 is 0 Å². The number of quaternary nitrogens is 1. The summed E-state index contributed by atoms with van der Waals surface area (Å²) in [7, 11) is 4.55. The van der Waals surface area contributed by atoms with Gasteiger partial charge in [-0.25, -0.2) is 0 Å². The lowest BCUT2D eigenvalue weighted by Crippen LogP contribution is -3.16. The molecule has 4 aliphatic rings.